The summed E-state index contributed by atoms with van der Waals surface area (Å²) >= 11 is 0. The summed E-state index contributed by atoms with van der Waals surface area (Å²) < 4.78 is 2.18. The molecule has 0 bridgehead atoms. The molecule has 0 aliphatic carbocycles. The van der Waals surface area contributed by atoms with Gasteiger partial charge in [0.2, 0.25) is 0 Å². The third-order valence-corrected chi connectivity index (χ3v) is 4.52. The van der Waals surface area contributed by atoms with Gasteiger partial charge in [0.05, 0.1) is 11.4 Å². The van der Waals surface area contributed by atoms with Gasteiger partial charge in [-0.25, -0.2) is 0 Å². The number of rotatable bonds is 6. The molecule has 0 aromatic carbocycles. The van der Waals surface area contributed by atoms with E-state index in [4.69, 9.17) is 0 Å². The Morgan fingerprint density at radius 2 is 2.05 bits per heavy atom. The van der Waals surface area contributed by atoms with E-state index >= 15 is 0 Å². The molecule has 20 heavy (non-hydrogen) atoms. The SMILES string of the molecule is CCc1cc(CN2CC(CC)NCC2CC)n(CC)n1. The molecule has 1 aromatic heterocycles. The molecule has 1 fully saturated rings. The van der Waals surface area contributed by atoms with Crippen molar-refractivity contribution in [2.75, 3.05) is 13.1 Å². The van der Waals surface area contributed by atoms with E-state index in [1.165, 1.54) is 24.2 Å². The van der Waals surface area contributed by atoms with Gasteiger partial charge in [-0.3, -0.25) is 9.58 Å². The van der Waals surface area contributed by atoms with Crippen molar-refractivity contribution in [3.63, 3.8) is 0 Å². The van der Waals surface area contributed by atoms with E-state index in [1.807, 2.05) is 0 Å². The molecule has 1 N–H and O–H groups in total. The van der Waals surface area contributed by atoms with Gasteiger partial charge in [-0.15, -0.1) is 0 Å². The van der Waals surface area contributed by atoms with Crippen molar-refractivity contribution in [2.24, 2.45) is 0 Å². The van der Waals surface area contributed by atoms with Crippen LogP contribution in [0.1, 0.15) is 51.9 Å². The van der Waals surface area contributed by atoms with E-state index < -0.39 is 0 Å². The first-order valence-electron chi connectivity index (χ1n) is 8.24. The third kappa shape index (κ3) is 3.41. The van der Waals surface area contributed by atoms with Gasteiger partial charge in [0.15, 0.2) is 0 Å². The van der Waals surface area contributed by atoms with Crippen molar-refractivity contribution >= 4 is 0 Å². The van der Waals surface area contributed by atoms with E-state index in [0.717, 1.165) is 32.6 Å². The second-order valence-corrected chi connectivity index (χ2v) is 5.80. The van der Waals surface area contributed by atoms with Crippen molar-refractivity contribution < 1.29 is 0 Å². The molecule has 2 atom stereocenters. The average molecular weight is 278 g/mol. The molecule has 0 radical (unpaired) electrons. The van der Waals surface area contributed by atoms with Crippen LogP contribution in [0.25, 0.3) is 0 Å². The third-order valence-electron chi connectivity index (χ3n) is 4.52. The Kier molecular flexibility index (Phi) is 5.61. The number of nitrogens with one attached hydrogen (secondary N) is 1. The number of aryl methyl sites for hydroxylation is 2. The number of hydrogen-bond acceptors (Lipinski definition) is 3. The monoisotopic (exact) mass is 278 g/mol. The minimum atomic E-state index is 0.640. The molecule has 1 aliphatic heterocycles. The normalized spacial score (nSPS) is 24.2. The highest BCUT2D eigenvalue weighted by Gasteiger charge is 2.26. The van der Waals surface area contributed by atoms with Crippen molar-refractivity contribution in [1.82, 2.24) is 20.0 Å². The molecule has 114 valence electrons. The quantitative estimate of drug-likeness (QED) is 0.867. The summed E-state index contributed by atoms with van der Waals surface area (Å²) in [6.45, 7) is 13.2. The van der Waals surface area contributed by atoms with Crippen LogP contribution in [-0.4, -0.2) is 39.9 Å². The van der Waals surface area contributed by atoms with Crippen LogP contribution in [0.5, 0.6) is 0 Å². The molecule has 2 rings (SSSR count). The molecule has 2 heterocycles. The molecule has 4 heteroatoms. The topological polar surface area (TPSA) is 33.1 Å². The Morgan fingerprint density at radius 3 is 2.65 bits per heavy atom. The maximum Gasteiger partial charge on any atom is 0.0625 e. The number of piperazine rings is 1. The first-order valence-corrected chi connectivity index (χ1v) is 8.24. The number of nitrogens with zero attached hydrogens (tertiary/aromatic N) is 3. The molecule has 0 saturated carbocycles. The maximum atomic E-state index is 4.68. The largest absolute Gasteiger partial charge is 0.311 e. The van der Waals surface area contributed by atoms with Gasteiger partial charge in [0, 0.05) is 38.3 Å². The van der Waals surface area contributed by atoms with Gasteiger partial charge in [0.1, 0.15) is 0 Å². The van der Waals surface area contributed by atoms with E-state index in [-0.39, 0.29) is 0 Å². The summed E-state index contributed by atoms with van der Waals surface area (Å²) in [6, 6.07) is 3.59. The van der Waals surface area contributed by atoms with Gasteiger partial charge < -0.3 is 5.32 Å². The van der Waals surface area contributed by atoms with Crippen LogP contribution in [0.3, 0.4) is 0 Å². The zero-order valence-electron chi connectivity index (χ0n) is 13.5. The van der Waals surface area contributed by atoms with Gasteiger partial charge in [0.25, 0.3) is 0 Å². The molecule has 0 spiro atoms. The van der Waals surface area contributed by atoms with Gasteiger partial charge in [-0.2, -0.15) is 5.10 Å². The van der Waals surface area contributed by atoms with Crippen LogP contribution >= 0.6 is 0 Å². The van der Waals surface area contributed by atoms with Crippen molar-refractivity contribution in [1.29, 1.82) is 0 Å². The van der Waals surface area contributed by atoms with Crippen LogP contribution in [0.4, 0.5) is 0 Å². The summed E-state index contributed by atoms with van der Waals surface area (Å²) in [7, 11) is 0. The Morgan fingerprint density at radius 1 is 1.25 bits per heavy atom. The molecule has 2 unspecified atom stereocenters. The van der Waals surface area contributed by atoms with E-state index in [9.17, 15) is 0 Å². The average Bonchev–Trinajstić information content (AvgIpc) is 2.89. The first kappa shape index (κ1) is 15.5. The fraction of sp³-hybridized carbons (Fsp3) is 0.812. The highest BCUT2D eigenvalue weighted by atomic mass is 15.3. The molecular weight excluding hydrogens is 248 g/mol. The van der Waals surface area contributed by atoms with Gasteiger partial charge in [-0.05, 0) is 32.3 Å². The van der Waals surface area contributed by atoms with Crippen molar-refractivity contribution in [2.45, 2.75) is 72.1 Å². The van der Waals surface area contributed by atoms with E-state index in [0.29, 0.717) is 12.1 Å². The zero-order valence-corrected chi connectivity index (χ0v) is 13.5. The number of aromatic nitrogens is 2. The van der Waals surface area contributed by atoms with Crippen LogP contribution in [-0.2, 0) is 19.5 Å². The zero-order chi connectivity index (χ0) is 14.5. The predicted octanol–water partition coefficient (Wildman–Crippen LogP) is 2.43. The van der Waals surface area contributed by atoms with Gasteiger partial charge in [-0.1, -0.05) is 20.8 Å². The second-order valence-electron chi connectivity index (χ2n) is 5.80. The number of hydrogen-bond donors (Lipinski definition) is 1. The smallest absolute Gasteiger partial charge is 0.0625 e. The van der Waals surface area contributed by atoms with Crippen LogP contribution in [0.2, 0.25) is 0 Å². The molecular formula is C16H30N4. The molecule has 1 saturated heterocycles. The molecule has 1 aliphatic rings. The fourth-order valence-electron chi connectivity index (χ4n) is 3.10. The molecule has 1 aromatic rings. The van der Waals surface area contributed by atoms with Gasteiger partial charge >= 0.3 is 0 Å². The lowest BCUT2D eigenvalue weighted by atomic mass is 10.0. The summed E-state index contributed by atoms with van der Waals surface area (Å²) in [4.78, 5) is 2.65. The van der Waals surface area contributed by atoms with Crippen LogP contribution in [0.15, 0.2) is 6.07 Å². The summed E-state index contributed by atoms with van der Waals surface area (Å²) in [5.41, 5.74) is 2.59. The summed E-state index contributed by atoms with van der Waals surface area (Å²) in [5.74, 6) is 0. The van der Waals surface area contributed by atoms with Crippen molar-refractivity contribution in [3.05, 3.63) is 17.5 Å². The summed E-state index contributed by atoms with van der Waals surface area (Å²) in [5, 5.41) is 8.34. The van der Waals surface area contributed by atoms with E-state index in [1.54, 1.807) is 0 Å². The van der Waals surface area contributed by atoms with Crippen molar-refractivity contribution in [3.8, 4) is 0 Å². The highest BCUT2D eigenvalue weighted by molar-refractivity contribution is 5.11. The second kappa shape index (κ2) is 7.23. The minimum absolute atomic E-state index is 0.640. The maximum absolute atomic E-state index is 4.68. The Hall–Kier alpha value is -0.870. The van der Waals surface area contributed by atoms with Crippen LogP contribution < -0.4 is 5.32 Å². The lowest BCUT2D eigenvalue weighted by molar-refractivity contribution is 0.114. The summed E-state index contributed by atoms with van der Waals surface area (Å²) in [6.07, 6.45) is 3.45. The lowest BCUT2D eigenvalue weighted by Gasteiger charge is -2.40. The van der Waals surface area contributed by atoms with Crippen LogP contribution in [0, 0.1) is 0 Å². The lowest BCUT2D eigenvalue weighted by Crippen LogP contribution is -2.55. The Bertz CT molecular complexity index is 413. The molecule has 4 nitrogen and oxygen atoms in total. The molecule has 0 amide bonds. The Labute approximate surface area is 123 Å². The fourth-order valence-corrected chi connectivity index (χ4v) is 3.10. The minimum Gasteiger partial charge on any atom is -0.311 e. The highest BCUT2D eigenvalue weighted by Crippen LogP contribution is 2.17. The Balaban J connectivity index is 2.11. The van der Waals surface area contributed by atoms with E-state index in [2.05, 4.69) is 53.8 Å². The predicted molar refractivity (Wildman–Crippen MR) is 83.8 cm³/mol. The standard InChI is InChI=1S/C16H30N4/c1-5-13-9-16(20(8-4)18-13)12-19-11-14(6-2)17-10-15(19)7-3/h9,14-15,17H,5-8,10-12H2,1-4H3. The first-order chi connectivity index (χ1) is 9.71.